The summed E-state index contributed by atoms with van der Waals surface area (Å²) in [5.41, 5.74) is 4.11. The molecule has 2 aromatic carbocycles. The molecule has 0 aliphatic carbocycles. The van der Waals surface area contributed by atoms with Crippen molar-refractivity contribution in [2.75, 3.05) is 32.9 Å². The molecule has 0 fully saturated rings. The van der Waals surface area contributed by atoms with Crippen LogP contribution < -0.4 is 4.74 Å². The lowest BCUT2D eigenvalue weighted by Gasteiger charge is -2.30. The second kappa shape index (κ2) is 9.88. The van der Waals surface area contributed by atoms with Gasteiger partial charge >= 0.3 is 0 Å². The van der Waals surface area contributed by atoms with Crippen molar-refractivity contribution in [3.8, 4) is 5.75 Å². The zero-order chi connectivity index (χ0) is 19.1. The number of rotatable bonds is 9. The third-order valence-corrected chi connectivity index (χ3v) is 5.03. The second-order valence-electron chi connectivity index (χ2n) is 7.55. The molecule has 1 aliphatic rings. The van der Waals surface area contributed by atoms with E-state index in [4.69, 9.17) is 9.47 Å². The molecule has 27 heavy (non-hydrogen) atoms. The Morgan fingerprint density at radius 1 is 1.00 bits per heavy atom. The maximum absolute atomic E-state index is 10.2. The highest BCUT2D eigenvalue weighted by molar-refractivity contribution is 5.29. The fourth-order valence-corrected chi connectivity index (χ4v) is 3.45. The predicted octanol–water partition coefficient (Wildman–Crippen LogP) is 3.62. The van der Waals surface area contributed by atoms with Gasteiger partial charge in [-0.05, 0) is 41.2 Å². The van der Waals surface area contributed by atoms with Crippen molar-refractivity contribution in [1.82, 2.24) is 4.90 Å². The molecule has 0 unspecified atom stereocenters. The number of nitrogens with zero attached hydrogens (tertiary/aromatic N) is 1. The Balaban J connectivity index is 1.30. The first-order valence-electron chi connectivity index (χ1n) is 9.89. The minimum absolute atomic E-state index is 0.341. The number of aliphatic hydroxyl groups is 1. The van der Waals surface area contributed by atoms with Gasteiger partial charge in [-0.2, -0.15) is 0 Å². The highest BCUT2D eigenvalue weighted by Crippen LogP contribution is 2.19. The summed E-state index contributed by atoms with van der Waals surface area (Å²) in [5.74, 6) is 1.38. The van der Waals surface area contributed by atoms with Crippen LogP contribution >= 0.6 is 0 Å². The van der Waals surface area contributed by atoms with Crippen molar-refractivity contribution < 1.29 is 14.6 Å². The van der Waals surface area contributed by atoms with Crippen LogP contribution in [-0.4, -0.2) is 49.0 Å². The smallest absolute Gasteiger partial charge is 0.119 e. The summed E-state index contributed by atoms with van der Waals surface area (Å²) in [6.07, 6.45) is 0.577. The number of hydrogen-bond donors (Lipinski definition) is 1. The van der Waals surface area contributed by atoms with E-state index in [0.717, 1.165) is 25.3 Å². The van der Waals surface area contributed by atoms with Crippen molar-refractivity contribution in [1.29, 1.82) is 0 Å². The van der Waals surface area contributed by atoms with Crippen LogP contribution in [-0.2, 0) is 17.7 Å². The average molecular weight is 370 g/mol. The molecule has 0 spiro atoms. The Bertz CT molecular complexity index is 699. The molecule has 1 heterocycles. The molecule has 4 heteroatoms. The molecule has 0 amide bonds. The van der Waals surface area contributed by atoms with E-state index in [0.29, 0.717) is 32.3 Å². The third-order valence-electron chi connectivity index (χ3n) is 5.03. The maximum Gasteiger partial charge on any atom is 0.119 e. The van der Waals surface area contributed by atoms with E-state index >= 15 is 0 Å². The monoisotopic (exact) mass is 369 g/mol. The topological polar surface area (TPSA) is 41.9 Å². The van der Waals surface area contributed by atoms with Crippen LogP contribution in [0.25, 0.3) is 0 Å². The summed E-state index contributed by atoms with van der Waals surface area (Å²) in [4.78, 5) is 2.29. The van der Waals surface area contributed by atoms with Crippen molar-refractivity contribution in [2.24, 2.45) is 0 Å². The van der Waals surface area contributed by atoms with Crippen LogP contribution in [0.2, 0.25) is 0 Å². The van der Waals surface area contributed by atoms with E-state index in [2.05, 4.69) is 55.1 Å². The fraction of sp³-hybridized carbons (Fsp3) is 0.478. The van der Waals surface area contributed by atoms with Crippen LogP contribution in [0.5, 0.6) is 5.75 Å². The molecule has 0 radical (unpaired) electrons. The molecule has 1 aliphatic heterocycles. The van der Waals surface area contributed by atoms with Gasteiger partial charge in [0.05, 0.1) is 19.3 Å². The van der Waals surface area contributed by atoms with Crippen molar-refractivity contribution in [3.05, 3.63) is 65.2 Å². The number of β-amino-alcohol motifs (C(OH)–C–C–N with tert-alkyl or cyclic N) is 1. The van der Waals surface area contributed by atoms with Gasteiger partial charge in [0.2, 0.25) is 0 Å². The highest BCUT2D eigenvalue weighted by atomic mass is 16.5. The second-order valence-corrected chi connectivity index (χ2v) is 7.55. The van der Waals surface area contributed by atoms with Gasteiger partial charge < -0.3 is 14.6 Å². The third kappa shape index (κ3) is 6.06. The normalized spacial score (nSPS) is 15.6. The van der Waals surface area contributed by atoms with E-state index in [-0.39, 0.29) is 0 Å². The molecular formula is C23H31NO3. The fourth-order valence-electron chi connectivity index (χ4n) is 3.45. The molecule has 0 bridgehead atoms. The Kier molecular flexibility index (Phi) is 7.27. The minimum atomic E-state index is -0.472. The zero-order valence-corrected chi connectivity index (χ0v) is 16.4. The van der Waals surface area contributed by atoms with Crippen molar-refractivity contribution >= 4 is 0 Å². The summed E-state index contributed by atoms with van der Waals surface area (Å²) < 4.78 is 11.3. The summed E-state index contributed by atoms with van der Waals surface area (Å²) in [7, 11) is 0. The Morgan fingerprint density at radius 2 is 1.74 bits per heavy atom. The molecule has 146 valence electrons. The van der Waals surface area contributed by atoms with Gasteiger partial charge in [-0.1, -0.05) is 50.2 Å². The van der Waals surface area contributed by atoms with E-state index in [1.165, 1.54) is 16.7 Å². The van der Waals surface area contributed by atoms with Gasteiger partial charge in [-0.15, -0.1) is 0 Å². The molecule has 0 saturated heterocycles. The first-order valence-corrected chi connectivity index (χ1v) is 9.89. The largest absolute Gasteiger partial charge is 0.491 e. The number of aliphatic hydroxyl groups excluding tert-OH is 1. The van der Waals surface area contributed by atoms with Crippen LogP contribution in [0, 0.1) is 0 Å². The van der Waals surface area contributed by atoms with Crippen LogP contribution in [0.15, 0.2) is 48.5 Å². The van der Waals surface area contributed by atoms with Crippen molar-refractivity contribution in [2.45, 2.75) is 38.8 Å². The van der Waals surface area contributed by atoms with Gasteiger partial charge in [-0.3, -0.25) is 4.90 Å². The molecule has 0 saturated carbocycles. The van der Waals surface area contributed by atoms with E-state index < -0.39 is 6.10 Å². The minimum Gasteiger partial charge on any atom is -0.491 e. The standard InChI is InChI=1S/C23H31NO3/c1-18(2)19-7-9-23(10-8-19)27-14-13-26-17-22(25)16-24-12-11-20-5-3-4-6-21(20)15-24/h3-10,18,22,25H,11-17H2,1-2H3/t22-/m1/s1. The Labute approximate surface area is 162 Å². The lowest BCUT2D eigenvalue weighted by atomic mass is 10.00. The quantitative estimate of drug-likeness (QED) is 0.686. The first-order chi connectivity index (χ1) is 13.1. The molecule has 2 aromatic rings. The Morgan fingerprint density at radius 3 is 2.48 bits per heavy atom. The molecule has 0 aromatic heterocycles. The van der Waals surface area contributed by atoms with Gasteiger partial charge in [0.15, 0.2) is 0 Å². The molecule has 4 nitrogen and oxygen atoms in total. The summed E-state index contributed by atoms with van der Waals surface area (Å²) in [6.45, 7) is 8.21. The number of hydrogen-bond acceptors (Lipinski definition) is 4. The van der Waals surface area contributed by atoms with Gasteiger partial charge in [0.25, 0.3) is 0 Å². The summed E-state index contributed by atoms with van der Waals surface area (Å²) >= 11 is 0. The van der Waals surface area contributed by atoms with Crippen LogP contribution in [0.4, 0.5) is 0 Å². The highest BCUT2D eigenvalue weighted by Gasteiger charge is 2.18. The number of benzene rings is 2. The van der Waals surface area contributed by atoms with E-state index in [9.17, 15) is 5.11 Å². The zero-order valence-electron chi connectivity index (χ0n) is 16.4. The summed E-state index contributed by atoms with van der Waals surface area (Å²) in [5, 5.41) is 10.2. The number of ether oxygens (including phenoxy) is 2. The lowest BCUT2D eigenvalue weighted by Crippen LogP contribution is -2.38. The Hall–Kier alpha value is -1.88. The summed E-state index contributed by atoms with van der Waals surface area (Å²) in [6, 6.07) is 16.7. The predicted molar refractivity (Wildman–Crippen MR) is 108 cm³/mol. The maximum atomic E-state index is 10.2. The first kappa shape index (κ1) is 19.9. The van der Waals surface area contributed by atoms with E-state index in [1.807, 2.05) is 12.1 Å². The molecular weight excluding hydrogens is 338 g/mol. The molecule has 1 N–H and O–H groups in total. The van der Waals surface area contributed by atoms with Crippen LogP contribution in [0.1, 0.15) is 36.5 Å². The SMILES string of the molecule is CC(C)c1ccc(OCCOC[C@H](O)CN2CCc3ccccc3C2)cc1. The van der Waals surface area contributed by atoms with Crippen molar-refractivity contribution in [3.63, 3.8) is 0 Å². The molecule has 3 rings (SSSR count). The average Bonchev–Trinajstić information content (AvgIpc) is 2.68. The van der Waals surface area contributed by atoms with Gasteiger partial charge in [0.1, 0.15) is 12.4 Å². The molecule has 1 atom stereocenters. The van der Waals surface area contributed by atoms with Crippen LogP contribution in [0.3, 0.4) is 0 Å². The van der Waals surface area contributed by atoms with E-state index in [1.54, 1.807) is 0 Å². The van der Waals surface area contributed by atoms with Gasteiger partial charge in [-0.25, -0.2) is 0 Å². The lowest BCUT2D eigenvalue weighted by molar-refractivity contribution is 0.00589. The van der Waals surface area contributed by atoms with Gasteiger partial charge in [0, 0.05) is 19.6 Å². The number of fused-ring (bicyclic) bond motifs is 1.